The summed E-state index contributed by atoms with van der Waals surface area (Å²) in [5.41, 5.74) is 1.25. The van der Waals surface area contributed by atoms with Crippen molar-refractivity contribution in [3.8, 4) is 0 Å². The quantitative estimate of drug-likeness (QED) is 0.701. The van der Waals surface area contributed by atoms with Crippen molar-refractivity contribution >= 4 is 16.9 Å². The maximum atomic E-state index is 10.5. The van der Waals surface area contributed by atoms with Crippen molar-refractivity contribution in [2.24, 2.45) is 0 Å². The number of rotatable bonds is 3. The zero-order chi connectivity index (χ0) is 10.8. The van der Waals surface area contributed by atoms with E-state index in [1.165, 1.54) is 0 Å². The third-order valence-electron chi connectivity index (χ3n) is 2.24. The number of nitrogens with one attached hydrogen (secondary N) is 1. The molecule has 1 aromatic carbocycles. The monoisotopic (exact) mass is 206 g/mol. The highest BCUT2D eigenvalue weighted by Gasteiger charge is 2.15. The van der Waals surface area contributed by atoms with E-state index in [4.69, 9.17) is 5.11 Å². The number of hydrogen-bond acceptors (Lipinski definition) is 3. The van der Waals surface area contributed by atoms with Gasteiger partial charge in [0.25, 0.3) is 0 Å². The molecule has 0 aliphatic rings. The molecule has 0 aliphatic carbocycles. The average Bonchev–Trinajstić information content (AvgIpc) is 2.63. The minimum atomic E-state index is -1.03. The zero-order valence-corrected chi connectivity index (χ0v) is 7.84. The number of benzene rings is 1. The van der Waals surface area contributed by atoms with E-state index in [1.807, 2.05) is 6.07 Å². The summed E-state index contributed by atoms with van der Waals surface area (Å²) in [6.07, 6.45) is 0.316. The van der Waals surface area contributed by atoms with Crippen LogP contribution in [0.4, 0.5) is 0 Å². The van der Waals surface area contributed by atoms with Gasteiger partial charge < -0.3 is 10.2 Å². The van der Waals surface area contributed by atoms with Crippen molar-refractivity contribution in [3.05, 3.63) is 30.0 Å². The fourth-order valence-electron chi connectivity index (χ4n) is 1.54. The van der Waals surface area contributed by atoms with Gasteiger partial charge in [-0.25, -0.2) is 0 Å². The van der Waals surface area contributed by atoms with Crippen LogP contribution in [0, 0.1) is 0 Å². The average molecular weight is 206 g/mol. The second-order valence-corrected chi connectivity index (χ2v) is 3.30. The van der Waals surface area contributed by atoms with E-state index in [0.29, 0.717) is 11.1 Å². The maximum Gasteiger partial charge on any atom is 0.306 e. The molecule has 0 fully saturated rings. The lowest BCUT2D eigenvalue weighted by molar-refractivity contribution is -0.139. The zero-order valence-electron chi connectivity index (χ0n) is 7.84. The molecule has 15 heavy (non-hydrogen) atoms. The summed E-state index contributed by atoms with van der Waals surface area (Å²) in [6, 6.07) is 5.29. The smallest absolute Gasteiger partial charge is 0.306 e. The first kappa shape index (κ1) is 9.67. The summed E-state index contributed by atoms with van der Waals surface area (Å²) in [5, 5.41) is 25.7. The number of H-pyrrole nitrogens is 1. The van der Waals surface area contributed by atoms with Crippen molar-refractivity contribution in [1.82, 2.24) is 10.2 Å². The molecule has 0 spiro atoms. The lowest BCUT2D eigenvalue weighted by atomic mass is 10.0. The Morgan fingerprint density at radius 2 is 2.33 bits per heavy atom. The van der Waals surface area contributed by atoms with Gasteiger partial charge in [0.15, 0.2) is 0 Å². The number of carboxylic acids is 1. The Morgan fingerprint density at radius 3 is 3.07 bits per heavy atom. The molecule has 2 aromatic rings. The Bertz CT molecular complexity index is 492. The lowest BCUT2D eigenvalue weighted by Crippen LogP contribution is -2.05. The molecule has 5 heteroatoms. The predicted octanol–water partition coefficient (Wildman–Crippen LogP) is 1.07. The summed E-state index contributed by atoms with van der Waals surface area (Å²) in [4.78, 5) is 10.5. The van der Waals surface area contributed by atoms with Crippen molar-refractivity contribution in [1.29, 1.82) is 0 Å². The summed E-state index contributed by atoms with van der Waals surface area (Å²) < 4.78 is 0. The van der Waals surface area contributed by atoms with Crippen molar-refractivity contribution in [2.75, 3.05) is 0 Å². The molecule has 0 radical (unpaired) electrons. The van der Waals surface area contributed by atoms with Crippen LogP contribution in [-0.2, 0) is 4.79 Å². The van der Waals surface area contributed by atoms with Crippen LogP contribution in [0.1, 0.15) is 18.1 Å². The van der Waals surface area contributed by atoms with Crippen molar-refractivity contribution < 1.29 is 15.0 Å². The minimum absolute atomic E-state index is 0.307. The van der Waals surface area contributed by atoms with Crippen LogP contribution < -0.4 is 0 Å². The summed E-state index contributed by atoms with van der Waals surface area (Å²) in [6.45, 7) is 0. The maximum absolute atomic E-state index is 10.5. The molecular formula is C10H10N2O3. The largest absolute Gasteiger partial charge is 0.481 e. The molecule has 1 aromatic heterocycles. The molecule has 0 saturated heterocycles. The van der Waals surface area contributed by atoms with Gasteiger partial charge >= 0.3 is 5.97 Å². The second kappa shape index (κ2) is 3.70. The number of aliphatic hydroxyl groups excluding tert-OH is 1. The number of nitrogens with zero attached hydrogens (tertiary/aromatic N) is 1. The van der Waals surface area contributed by atoms with Gasteiger partial charge in [0.05, 0.1) is 24.2 Å². The van der Waals surface area contributed by atoms with Gasteiger partial charge in [-0.15, -0.1) is 0 Å². The molecule has 5 nitrogen and oxygen atoms in total. The van der Waals surface area contributed by atoms with Crippen molar-refractivity contribution in [2.45, 2.75) is 12.5 Å². The number of aromatic nitrogens is 2. The van der Waals surface area contributed by atoms with E-state index in [0.717, 1.165) is 5.39 Å². The number of aliphatic hydroxyl groups is 1. The van der Waals surface area contributed by atoms with Crippen LogP contribution in [0.3, 0.4) is 0 Å². The van der Waals surface area contributed by atoms with Gasteiger partial charge in [0.1, 0.15) is 0 Å². The molecule has 3 N–H and O–H groups in total. The molecule has 0 aliphatic heterocycles. The fourth-order valence-corrected chi connectivity index (χ4v) is 1.54. The highest BCUT2D eigenvalue weighted by atomic mass is 16.4. The highest BCUT2D eigenvalue weighted by molar-refractivity contribution is 5.82. The number of aromatic amines is 1. The molecule has 2 rings (SSSR count). The molecule has 0 saturated carbocycles. The van der Waals surface area contributed by atoms with Gasteiger partial charge in [-0.3, -0.25) is 9.89 Å². The van der Waals surface area contributed by atoms with E-state index in [2.05, 4.69) is 10.2 Å². The lowest BCUT2D eigenvalue weighted by Gasteiger charge is -2.08. The van der Waals surface area contributed by atoms with E-state index in [-0.39, 0.29) is 6.42 Å². The number of para-hydroxylation sites is 1. The first-order chi connectivity index (χ1) is 7.18. The molecule has 0 unspecified atom stereocenters. The molecule has 0 bridgehead atoms. The van der Waals surface area contributed by atoms with E-state index in [9.17, 15) is 9.90 Å². The number of carbonyl (C=O) groups is 1. The van der Waals surface area contributed by atoms with Crippen molar-refractivity contribution in [3.63, 3.8) is 0 Å². The van der Waals surface area contributed by atoms with Gasteiger partial charge in [-0.1, -0.05) is 18.2 Å². The van der Waals surface area contributed by atoms with Crippen LogP contribution in [0.25, 0.3) is 10.9 Å². The fraction of sp³-hybridized carbons (Fsp3) is 0.200. The first-order valence-electron chi connectivity index (χ1n) is 4.50. The topological polar surface area (TPSA) is 86.2 Å². The predicted molar refractivity (Wildman–Crippen MR) is 53.3 cm³/mol. The Kier molecular flexibility index (Phi) is 2.39. The number of fused-ring (bicyclic) bond motifs is 1. The molecular weight excluding hydrogens is 196 g/mol. The Labute approximate surface area is 85.4 Å². The second-order valence-electron chi connectivity index (χ2n) is 3.30. The molecule has 0 amide bonds. The third kappa shape index (κ3) is 1.82. The third-order valence-corrected chi connectivity index (χ3v) is 2.24. The van der Waals surface area contributed by atoms with Gasteiger partial charge in [0.2, 0.25) is 0 Å². The van der Waals surface area contributed by atoms with Crippen LogP contribution in [0.5, 0.6) is 0 Å². The summed E-state index contributed by atoms with van der Waals surface area (Å²) >= 11 is 0. The van der Waals surface area contributed by atoms with E-state index in [1.54, 1.807) is 18.3 Å². The molecule has 1 atom stereocenters. The first-order valence-corrected chi connectivity index (χ1v) is 4.50. The van der Waals surface area contributed by atoms with Gasteiger partial charge in [-0.05, 0) is 0 Å². The highest BCUT2D eigenvalue weighted by Crippen LogP contribution is 2.24. The Hall–Kier alpha value is -1.88. The SMILES string of the molecule is O=C(O)C[C@H](O)c1cccc2cn[nH]c12. The van der Waals surface area contributed by atoms with Gasteiger partial charge in [-0.2, -0.15) is 5.10 Å². The summed E-state index contributed by atoms with van der Waals surface area (Å²) in [7, 11) is 0. The van der Waals surface area contributed by atoms with E-state index >= 15 is 0 Å². The number of carboxylic acid groups (broad SMARTS) is 1. The van der Waals surface area contributed by atoms with Gasteiger partial charge in [0, 0.05) is 10.9 Å². The summed E-state index contributed by atoms with van der Waals surface area (Å²) in [5.74, 6) is -1.03. The Balaban J connectivity index is 2.42. The van der Waals surface area contributed by atoms with Crippen LogP contribution in [0.15, 0.2) is 24.4 Å². The number of aliphatic carboxylic acids is 1. The minimum Gasteiger partial charge on any atom is -0.481 e. The van der Waals surface area contributed by atoms with Crippen LogP contribution in [0.2, 0.25) is 0 Å². The van der Waals surface area contributed by atoms with Crippen LogP contribution in [-0.4, -0.2) is 26.4 Å². The molecule has 1 heterocycles. The standard InChI is InChI=1S/C10H10N2O3/c13-8(4-9(14)15)7-3-1-2-6-5-11-12-10(6)7/h1-3,5,8,13H,4H2,(H,11,12)(H,14,15)/t8-/m0/s1. The van der Waals surface area contributed by atoms with E-state index < -0.39 is 12.1 Å². The normalized spacial score (nSPS) is 12.9. The Morgan fingerprint density at radius 1 is 1.53 bits per heavy atom. The van der Waals surface area contributed by atoms with Crippen LogP contribution >= 0.6 is 0 Å². The number of hydrogen-bond donors (Lipinski definition) is 3. The molecule has 78 valence electrons.